The van der Waals surface area contributed by atoms with E-state index in [9.17, 15) is 0 Å². The fourth-order valence-electron chi connectivity index (χ4n) is 1.50. The third-order valence-corrected chi connectivity index (χ3v) is 3.60. The molecule has 1 aromatic carbocycles. The van der Waals surface area contributed by atoms with Crippen LogP contribution in [0.3, 0.4) is 0 Å². The lowest BCUT2D eigenvalue weighted by molar-refractivity contribution is -0.0861. The summed E-state index contributed by atoms with van der Waals surface area (Å²) >= 11 is 9.16. The quantitative estimate of drug-likeness (QED) is 0.804. The van der Waals surface area contributed by atoms with Crippen molar-refractivity contribution in [3.63, 3.8) is 0 Å². The first-order valence-electron chi connectivity index (χ1n) is 4.89. The average molecular weight is 308 g/mol. The summed E-state index contributed by atoms with van der Waals surface area (Å²) < 4.78 is 15.5. The molecule has 0 aliphatic carbocycles. The van der Waals surface area contributed by atoms with E-state index in [1.54, 1.807) is 7.11 Å². The van der Waals surface area contributed by atoms with E-state index >= 15 is 0 Å². The molecular weight excluding hydrogens is 295 g/mol. The van der Waals surface area contributed by atoms with E-state index < -0.39 is 4.70 Å². The molecule has 0 spiro atoms. The fourth-order valence-corrected chi connectivity index (χ4v) is 2.31. The lowest BCUT2D eigenvalue weighted by Crippen LogP contribution is -2.20. The number of hydrogen-bond donors (Lipinski definition) is 0. The highest BCUT2D eigenvalue weighted by Crippen LogP contribution is 2.40. The maximum Gasteiger partial charge on any atom is 0.254 e. The van der Waals surface area contributed by atoms with Gasteiger partial charge in [-0.15, -0.1) is 11.6 Å². The molecule has 1 aliphatic heterocycles. The van der Waals surface area contributed by atoms with Crippen LogP contribution in [0.2, 0.25) is 0 Å². The molecule has 0 bridgehead atoms. The number of hydrogen-bond acceptors (Lipinski definition) is 3. The highest BCUT2D eigenvalue weighted by molar-refractivity contribution is 9.09. The molecule has 1 heterocycles. The molecule has 1 aromatic rings. The van der Waals surface area contributed by atoms with Gasteiger partial charge in [0, 0.05) is 5.56 Å². The Bertz CT molecular complexity index is 357. The molecule has 0 amide bonds. The van der Waals surface area contributed by atoms with Crippen LogP contribution in [0, 0.1) is 0 Å². The van der Waals surface area contributed by atoms with Crippen LogP contribution in [0.15, 0.2) is 24.3 Å². The first kappa shape index (κ1) is 12.2. The lowest BCUT2D eigenvalue weighted by Gasteiger charge is -2.21. The number of benzene rings is 1. The first-order chi connectivity index (χ1) is 7.68. The molecule has 1 aliphatic rings. The second-order valence-electron chi connectivity index (χ2n) is 3.47. The molecule has 0 radical (unpaired) electrons. The third-order valence-electron chi connectivity index (χ3n) is 2.38. The number of ether oxygens (including phenoxy) is 3. The summed E-state index contributed by atoms with van der Waals surface area (Å²) in [6.07, 6.45) is -0.0804. The molecule has 5 heteroatoms. The van der Waals surface area contributed by atoms with Crippen molar-refractivity contribution in [3.05, 3.63) is 29.8 Å². The topological polar surface area (TPSA) is 27.7 Å². The molecule has 0 N–H and O–H groups in total. The van der Waals surface area contributed by atoms with Gasteiger partial charge in [-0.05, 0) is 40.2 Å². The van der Waals surface area contributed by atoms with Crippen molar-refractivity contribution < 1.29 is 14.2 Å². The molecule has 88 valence electrons. The highest BCUT2D eigenvalue weighted by Gasteiger charge is 2.40. The number of rotatable bonds is 3. The summed E-state index contributed by atoms with van der Waals surface area (Å²) in [6, 6.07) is 7.51. The monoisotopic (exact) mass is 306 g/mol. The number of halogens is 2. The fraction of sp³-hybridized carbons (Fsp3) is 0.455. The molecule has 0 saturated carbocycles. The van der Waals surface area contributed by atoms with Crippen molar-refractivity contribution in [1.29, 1.82) is 0 Å². The van der Waals surface area contributed by atoms with Gasteiger partial charge in [0.2, 0.25) is 0 Å². The smallest absolute Gasteiger partial charge is 0.254 e. The third kappa shape index (κ3) is 2.35. The van der Waals surface area contributed by atoms with E-state index in [1.807, 2.05) is 24.3 Å². The number of methoxy groups -OCH3 is 1. The van der Waals surface area contributed by atoms with Crippen LogP contribution in [0.4, 0.5) is 0 Å². The maximum atomic E-state index is 5.72. The van der Waals surface area contributed by atoms with Gasteiger partial charge in [0.25, 0.3) is 4.70 Å². The molecular formula is C11H12BrClO3. The Morgan fingerprint density at radius 2 is 2.19 bits per heavy atom. The molecule has 2 rings (SSSR count). The molecule has 0 unspecified atom stereocenters. The Hall–Kier alpha value is -0.290. The van der Waals surface area contributed by atoms with Crippen molar-refractivity contribution in [2.45, 2.75) is 10.8 Å². The van der Waals surface area contributed by atoms with Crippen molar-refractivity contribution in [2.75, 3.05) is 19.6 Å². The Labute approximate surface area is 108 Å². The Morgan fingerprint density at radius 1 is 1.50 bits per heavy atom. The molecule has 1 saturated heterocycles. The molecule has 3 nitrogen and oxygen atoms in total. The van der Waals surface area contributed by atoms with E-state index in [4.69, 9.17) is 25.8 Å². The number of alkyl halides is 2. The second kappa shape index (κ2) is 4.92. The summed E-state index contributed by atoms with van der Waals surface area (Å²) in [5, 5.41) is 0. The largest absolute Gasteiger partial charge is 0.497 e. The van der Waals surface area contributed by atoms with Gasteiger partial charge in [-0.2, -0.15) is 0 Å². The van der Waals surface area contributed by atoms with Gasteiger partial charge in [0.15, 0.2) is 0 Å². The van der Waals surface area contributed by atoms with Crippen LogP contribution in [0.5, 0.6) is 5.75 Å². The van der Waals surface area contributed by atoms with Crippen molar-refractivity contribution in [1.82, 2.24) is 0 Å². The SMILES string of the molecule is COc1ccc([C@]2(Br)OC[C@@H](CCl)O2)cc1. The zero-order valence-electron chi connectivity index (χ0n) is 8.78. The molecule has 1 fully saturated rings. The minimum Gasteiger partial charge on any atom is -0.497 e. The predicted molar refractivity (Wildman–Crippen MR) is 65.1 cm³/mol. The first-order valence-corrected chi connectivity index (χ1v) is 6.22. The normalized spacial score (nSPS) is 29.3. The average Bonchev–Trinajstić information content (AvgIpc) is 2.73. The van der Waals surface area contributed by atoms with Crippen LogP contribution < -0.4 is 4.74 Å². The van der Waals surface area contributed by atoms with Gasteiger partial charge in [-0.1, -0.05) is 0 Å². The highest BCUT2D eigenvalue weighted by atomic mass is 79.9. The van der Waals surface area contributed by atoms with E-state index in [1.165, 1.54) is 0 Å². The van der Waals surface area contributed by atoms with Gasteiger partial charge < -0.3 is 14.2 Å². The summed E-state index contributed by atoms with van der Waals surface area (Å²) in [5.74, 6) is 1.22. The minimum atomic E-state index is -0.876. The Kier molecular flexibility index (Phi) is 3.74. The van der Waals surface area contributed by atoms with Crippen LogP contribution in [-0.4, -0.2) is 25.7 Å². The van der Waals surface area contributed by atoms with E-state index in [2.05, 4.69) is 15.9 Å². The standard InChI is InChI=1S/C11H12BrClO3/c1-14-9-4-2-8(3-5-9)11(12)15-7-10(6-13)16-11/h2-5,10H,6-7H2,1H3/t10-,11+/m1/s1. The zero-order valence-corrected chi connectivity index (χ0v) is 11.1. The van der Waals surface area contributed by atoms with Crippen LogP contribution in [-0.2, 0) is 14.2 Å². The Balaban J connectivity index is 2.17. The zero-order chi connectivity index (χ0) is 11.6. The predicted octanol–water partition coefficient (Wildman–Crippen LogP) is 2.85. The van der Waals surface area contributed by atoms with Crippen molar-refractivity contribution >= 4 is 27.5 Å². The van der Waals surface area contributed by atoms with E-state index in [0.29, 0.717) is 12.5 Å². The molecule has 16 heavy (non-hydrogen) atoms. The summed E-state index contributed by atoms with van der Waals surface area (Å²) in [4.78, 5) is 0. The van der Waals surface area contributed by atoms with E-state index in [-0.39, 0.29) is 6.10 Å². The van der Waals surface area contributed by atoms with Crippen LogP contribution in [0.25, 0.3) is 0 Å². The van der Waals surface area contributed by atoms with Gasteiger partial charge >= 0.3 is 0 Å². The van der Waals surface area contributed by atoms with Crippen LogP contribution in [0.1, 0.15) is 5.56 Å². The second-order valence-corrected chi connectivity index (χ2v) is 4.82. The summed E-state index contributed by atoms with van der Waals surface area (Å²) in [6.45, 7) is 0.487. The van der Waals surface area contributed by atoms with Gasteiger partial charge in [-0.25, -0.2) is 0 Å². The van der Waals surface area contributed by atoms with Crippen molar-refractivity contribution in [3.8, 4) is 5.75 Å². The molecule has 0 aromatic heterocycles. The van der Waals surface area contributed by atoms with Gasteiger partial charge in [-0.3, -0.25) is 0 Å². The minimum absolute atomic E-state index is 0.0804. The summed E-state index contributed by atoms with van der Waals surface area (Å²) in [5.41, 5.74) is 0.890. The lowest BCUT2D eigenvalue weighted by atomic mass is 10.2. The van der Waals surface area contributed by atoms with Crippen LogP contribution >= 0.6 is 27.5 Å². The Morgan fingerprint density at radius 3 is 2.69 bits per heavy atom. The summed E-state index contributed by atoms with van der Waals surface area (Å²) in [7, 11) is 1.63. The maximum absolute atomic E-state index is 5.72. The van der Waals surface area contributed by atoms with Gasteiger partial charge in [0.05, 0.1) is 25.7 Å². The van der Waals surface area contributed by atoms with Gasteiger partial charge in [0.1, 0.15) is 5.75 Å². The van der Waals surface area contributed by atoms with E-state index in [0.717, 1.165) is 11.3 Å². The molecule has 2 atom stereocenters. The van der Waals surface area contributed by atoms with Crippen molar-refractivity contribution in [2.24, 2.45) is 0 Å².